The van der Waals surface area contributed by atoms with E-state index < -0.39 is 10.0 Å². The van der Waals surface area contributed by atoms with E-state index in [1.165, 1.54) is 0 Å². The molecule has 2 rings (SSSR count). The molecule has 0 aromatic heterocycles. The molecule has 30 heavy (non-hydrogen) atoms. The number of hydrogen-bond donors (Lipinski definition) is 1. The Bertz CT molecular complexity index is 977. The standard InChI is InChI=1S/C23H32N2O4S/c1-17-7-8-18(2)21(15-17)29-14-13-24-22(26)16-25(30(6,27)28)20-11-9-19(10-12-20)23(3,4)5/h7-12,15H,13-14,16H2,1-6H3,(H,24,26). The van der Waals surface area contributed by atoms with Crippen LogP contribution in [0.5, 0.6) is 5.75 Å². The molecule has 2 aromatic rings. The molecule has 0 saturated carbocycles. The molecular weight excluding hydrogens is 400 g/mol. The first-order chi connectivity index (χ1) is 13.9. The van der Waals surface area contributed by atoms with Gasteiger partial charge in [0, 0.05) is 0 Å². The average molecular weight is 433 g/mol. The van der Waals surface area contributed by atoms with Gasteiger partial charge in [-0.1, -0.05) is 45.0 Å². The topological polar surface area (TPSA) is 75.7 Å². The number of aryl methyl sites for hydroxylation is 2. The molecular formula is C23H32N2O4S. The lowest BCUT2D eigenvalue weighted by Crippen LogP contribution is -2.41. The predicted molar refractivity (Wildman–Crippen MR) is 122 cm³/mol. The highest BCUT2D eigenvalue weighted by molar-refractivity contribution is 7.92. The maximum Gasteiger partial charge on any atom is 0.240 e. The van der Waals surface area contributed by atoms with Crippen LogP contribution < -0.4 is 14.4 Å². The van der Waals surface area contributed by atoms with Crippen molar-refractivity contribution < 1.29 is 17.9 Å². The van der Waals surface area contributed by atoms with Crippen molar-refractivity contribution in [2.24, 2.45) is 0 Å². The average Bonchev–Trinajstić information content (AvgIpc) is 2.64. The van der Waals surface area contributed by atoms with Crippen molar-refractivity contribution in [3.8, 4) is 5.75 Å². The quantitative estimate of drug-likeness (QED) is 0.647. The summed E-state index contributed by atoms with van der Waals surface area (Å²) in [4.78, 5) is 12.4. The smallest absolute Gasteiger partial charge is 0.240 e. The highest BCUT2D eigenvalue weighted by atomic mass is 32.2. The second-order valence-electron chi connectivity index (χ2n) is 8.53. The van der Waals surface area contributed by atoms with Crippen LogP contribution in [0.3, 0.4) is 0 Å². The molecule has 0 saturated heterocycles. The highest BCUT2D eigenvalue weighted by Gasteiger charge is 2.22. The van der Waals surface area contributed by atoms with E-state index in [0.29, 0.717) is 12.3 Å². The molecule has 0 aliphatic heterocycles. The summed E-state index contributed by atoms with van der Waals surface area (Å²) < 4.78 is 31.3. The zero-order valence-electron chi connectivity index (χ0n) is 18.7. The Hall–Kier alpha value is -2.54. The summed E-state index contributed by atoms with van der Waals surface area (Å²) in [6, 6.07) is 13.2. The Balaban J connectivity index is 1.96. The van der Waals surface area contributed by atoms with Gasteiger partial charge in [0.1, 0.15) is 18.9 Å². The van der Waals surface area contributed by atoms with Crippen molar-refractivity contribution in [3.05, 3.63) is 59.2 Å². The van der Waals surface area contributed by atoms with E-state index in [0.717, 1.165) is 33.0 Å². The third-order valence-electron chi connectivity index (χ3n) is 4.73. The zero-order valence-corrected chi connectivity index (χ0v) is 19.5. The van der Waals surface area contributed by atoms with Crippen molar-refractivity contribution in [1.82, 2.24) is 5.32 Å². The lowest BCUT2D eigenvalue weighted by Gasteiger charge is -2.24. The van der Waals surface area contributed by atoms with Gasteiger partial charge in [-0.05, 0) is 54.2 Å². The van der Waals surface area contributed by atoms with Gasteiger partial charge >= 0.3 is 0 Å². The molecule has 0 radical (unpaired) electrons. The second-order valence-corrected chi connectivity index (χ2v) is 10.4. The number of rotatable bonds is 8. The van der Waals surface area contributed by atoms with Gasteiger partial charge in [-0.2, -0.15) is 0 Å². The van der Waals surface area contributed by atoms with E-state index in [1.807, 2.05) is 44.2 Å². The normalized spacial score (nSPS) is 11.8. The summed E-state index contributed by atoms with van der Waals surface area (Å²) in [5.41, 5.74) is 3.64. The van der Waals surface area contributed by atoms with Crippen LogP contribution in [0.2, 0.25) is 0 Å². The van der Waals surface area contributed by atoms with Crippen LogP contribution in [0.4, 0.5) is 5.69 Å². The van der Waals surface area contributed by atoms with Gasteiger partial charge < -0.3 is 10.1 Å². The first-order valence-electron chi connectivity index (χ1n) is 9.93. The minimum absolute atomic E-state index is 0.0402. The third-order valence-corrected chi connectivity index (χ3v) is 5.87. The van der Waals surface area contributed by atoms with Crippen LogP contribution in [-0.4, -0.2) is 40.3 Å². The Morgan fingerprint density at radius 1 is 1.07 bits per heavy atom. The summed E-state index contributed by atoms with van der Waals surface area (Å²) in [5, 5.41) is 2.72. The monoisotopic (exact) mass is 432 g/mol. The summed E-state index contributed by atoms with van der Waals surface area (Å²) in [5.74, 6) is 0.394. The molecule has 0 bridgehead atoms. The van der Waals surface area contributed by atoms with Crippen LogP contribution in [0.15, 0.2) is 42.5 Å². The molecule has 0 unspecified atom stereocenters. The van der Waals surface area contributed by atoms with Crippen LogP contribution in [0.1, 0.15) is 37.5 Å². The van der Waals surface area contributed by atoms with Gasteiger partial charge in [-0.15, -0.1) is 0 Å². The van der Waals surface area contributed by atoms with E-state index in [2.05, 4.69) is 26.1 Å². The van der Waals surface area contributed by atoms with Crippen molar-refractivity contribution in [2.75, 3.05) is 30.3 Å². The van der Waals surface area contributed by atoms with Crippen LogP contribution >= 0.6 is 0 Å². The van der Waals surface area contributed by atoms with Gasteiger partial charge in [-0.25, -0.2) is 8.42 Å². The molecule has 2 aromatic carbocycles. The minimum Gasteiger partial charge on any atom is -0.491 e. The largest absolute Gasteiger partial charge is 0.491 e. The number of benzene rings is 2. The lowest BCUT2D eigenvalue weighted by molar-refractivity contribution is -0.119. The molecule has 0 spiro atoms. The number of anilines is 1. The molecule has 6 nitrogen and oxygen atoms in total. The summed E-state index contributed by atoms with van der Waals surface area (Å²) in [6.07, 6.45) is 1.10. The molecule has 1 amide bonds. The van der Waals surface area contributed by atoms with Crippen molar-refractivity contribution >= 4 is 21.6 Å². The molecule has 1 N–H and O–H groups in total. The number of nitrogens with one attached hydrogen (secondary N) is 1. The molecule has 0 aliphatic carbocycles. The van der Waals surface area contributed by atoms with Gasteiger partial charge in [0.2, 0.25) is 15.9 Å². The van der Waals surface area contributed by atoms with Gasteiger partial charge in [0.15, 0.2) is 0 Å². The molecule has 0 aliphatic rings. The summed E-state index contributed by atoms with van der Waals surface area (Å²) in [6.45, 7) is 10.5. The Morgan fingerprint density at radius 3 is 2.27 bits per heavy atom. The van der Waals surface area contributed by atoms with Crippen molar-refractivity contribution in [3.63, 3.8) is 0 Å². The fraction of sp³-hybridized carbons (Fsp3) is 0.435. The van der Waals surface area contributed by atoms with E-state index >= 15 is 0 Å². The van der Waals surface area contributed by atoms with Crippen LogP contribution in [-0.2, 0) is 20.2 Å². The maximum absolute atomic E-state index is 12.4. The SMILES string of the molecule is Cc1ccc(C)c(OCCNC(=O)CN(c2ccc(C(C)(C)C)cc2)S(C)(=O)=O)c1. The number of amides is 1. The number of sulfonamides is 1. The number of carbonyl (C=O) groups excluding carboxylic acids is 1. The Morgan fingerprint density at radius 2 is 1.70 bits per heavy atom. The van der Waals surface area contributed by atoms with Crippen molar-refractivity contribution in [2.45, 2.75) is 40.0 Å². The van der Waals surface area contributed by atoms with E-state index in [-0.39, 0.29) is 24.4 Å². The molecule has 0 fully saturated rings. The van der Waals surface area contributed by atoms with Crippen LogP contribution in [0.25, 0.3) is 0 Å². The van der Waals surface area contributed by atoms with Gasteiger partial charge in [0.25, 0.3) is 0 Å². The number of carbonyl (C=O) groups is 1. The Labute approximate surface area is 180 Å². The zero-order chi connectivity index (χ0) is 22.5. The summed E-state index contributed by atoms with van der Waals surface area (Å²) in [7, 11) is -3.60. The molecule has 7 heteroatoms. The predicted octanol–water partition coefficient (Wildman–Crippen LogP) is 3.56. The Kier molecular flexibility index (Phi) is 7.53. The number of ether oxygens (including phenoxy) is 1. The molecule has 0 atom stereocenters. The van der Waals surface area contributed by atoms with Gasteiger partial charge in [0.05, 0.1) is 18.5 Å². The second kappa shape index (κ2) is 9.51. The minimum atomic E-state index is -3.60. The first kappa shape index (κ1) is 23.7. The highest BCUT2D eigenvalue weighted by Crippen LogP contribution is 2.26. The maximum atomic E-state index is 12.4. The molecule has 164 valence electrons. The number of hydrogen-bond acceptors (Lipinski definition) is 4. The fourth-order valence-corrected chi connectivity index (χ4v) is 3.78. The third kappa shape index (κ3) is 6.76. The first-order valence-corrected chi connectivity index (χ1v) is 11.8. The van der Waals surface area contributed by atoms with Crippen molar-refractivity contribution in [1.29, 1.82) is 0 Å². The summed E-state index contributed by atoms with van der Waals surface area (Å²) >= 11 is 0. The van der Waals surface area contributed by atoms with E-state index in [9.17, 15) is 13.2 Å². The van der Waals surface area contributed by atoms with Gasteiger partial charge in [-0.3, -0.25) is 9.10 Å². The fourth-order valence-electron chi connectivity index (χ4n) is 2.93. The van der Waals surface area contributed by atoms with Crippen LogP contribution in [0, 0.1) is 13.8 Å². The number of nitrogens with zero attached hydrogens (tertiary/aromatic N) is 1. The van der Waals surface area contributed by atoms with E-state index in [1.54, 1.807) is 12.1 Å². The molecule has 0 heterocycles. The lowest BCUT2D eigenvalue weighted by atomic mass is 9.87. The van der Waals surface area contributed by atoms with E-state index in [4.69, 9.17) is 4.74 Å².